The zero-order chi connectivity index (χ0) is 21.4. The van der Waals surface area contributed by atoms with Crippen molar-refractivity contribution in [2.75, 3.05) is 25.7 Å². The van der Waals surface area contributed by atoms with Gasteiger partial charge in [0, 0.05) is 32.1 Å². The highest BCUT2D eigenvalue weighted by atomic mass is 32.2. The van der Waals surface area contributed by atoms with Crippen molar-refractivity contribution in [2.24, 2.45) is 4.99 Å². The minimum absolute atomic E-state index is 0.342. The van der Waals surface area contributed by atoms with Crippen LogP contribution >= 0.6 is 0 Å². The number of carbonyl (C=O) groups is 1. The highest BCUT2D eigenvalue weighted by molar-refractivity contribution is 7.90. The van der Waals surface area contributed by atoms with Crippen LogP contribution in [0.1, 0.15) is 16.7 Å². The first-order valence-corrected chi connectivity index (χ1v) is 10.8. The molecular formula is C20H26N4O4S. The Kier molecular flexibility index (Phi) is 7.60. The van der Waals surface area contributed by atoms with Crippen LogP contribution in [0.25, 0.3) is 0 Å². The molecule has 2 rings (SSSR count). The number of aliphatic imine (C=N–C) groups is 1. The first kappa shape index (κ1) is 22.2. The van der Waals surface area contributed by atoms with E-state index in [9.17, 15) is 13.2 Å². The molecule has 8 nitrogen and oxygen atoms in total. The quantitative estimate of drug-likeness (QED) is 0.491. The van der Waals surface area contributed by atoms with E-state index in [-0.39, 0.29) is 0 Å². The van der Waals surface area contributed by atoms with Gasteiger partial charge in [-0.05, 0) is 41.8 Å². The zero-order valence-corrected chi connectivity index (χ0v) is 17.8. The minimum Gasteiger partial charge on any atom is -0.453 e. The lowest BCUT2D eigenvalue weighted by molar-refractivity contribution is 0.187. The topological polar surface area (TPSA) is 109 Å². The normalized spacial score (nSPS) is 11.7. The Bertz CT molecular complexity index is 986. The van der Waals surface area contributed by atoms with Crippen molar-refractivity contribution in [3.63, 3.8) is 0 Å². The second-order valence-corrected chi connectivity index (χ2v) is 8.45. The number of hydrogen-bond donors (Lipinski definition) is 3. The van der Waals surface area contributed by atoms with Crippen molar-refractivity contribution < 1.29 is 17.9 Å². The average molecular weight is 419 g/mol. The maximum Gasteiger partial charge on any atom is 0.411 e. The molecule has 0 aromatic heterocycles. The lowest BCUT2D eigenvalue weighted by Crippen LogP contribution is -2.36. The number of methoxy groups -OCH3 is 1. The summed E-state index contributed by atoms with van der Waals surface area (Å²) in [6, 6.07) is 12.6. The number of sulfone groups is 1. The van der Waals surface area contributed by atoms with E-state index in [2.05, 4.69) is 25.7 Å². The minimum atomic E-state index is -3.22. The number of benzene rings is 2. The number of guanidine groups is 1. The van der Waals surface area contributed by atoms with Gasteiger partial charge in [-0.15, -0.1) is 0 Å². The van der Waals surface area contributed by atoms with Crippen molar-refractivity contribution >= 4 is 27.6 Å². The van der Waals surface area contributed by atoms with Crippen LogP contribution in [-0.2, 0) is 27.7 Å². The summed E-state index contributed by atoms with van der Waals surface area (Å²) in [5.74, 6) is 0.617. The maximum absolute atomic E-state index is 11.7. The molecule has 29 heavy (non-hydrogen) atoms. The lowest BCUT2D eigenvalue weighted by atomic mass is 10.1. The SMILES string of the molecule is CN=C(NCc1ccc(NC(=O)OC)cc1)NCc1ccc(S(C)(=O)=O)c(C)c1. The van der Waals surface area contributed by atoms with Crippen LogP contribution in [0.2, 0.25) is 0 Å². The summed E-state index contributed by atoms with van der Waals surface area (Å²) in [4.78, 5) is 15.7. The molecule has 0 aliphatic carbocycles. The number of nitrogens with one attached hydrogen (secondary N) is 3. The number of carbonyl (C=O) groups excluding carboxylic acids is 1. The molecular weight excluding hydrogens is 392 g/mol. The highest BCUT2D eigenvalue weighted by Crippen LogP contribution is 2.16. The van der Waals surface area contributed by atoms with Gasteiger partial charge in [-0.2, -0.15) is 0 Å². The third kappa shape index (κ3) is 6.79. The molecule has 0 spiro atoms. The van der Waals surface area contributed by atoms with E-state index < -0.39 is 15.9 Å². The van der Waals surface area contributed by atoms with Gasteiger partial charge < -0.3 is 15.4 Å². The third-order valence-electron chi connectivity index (χ3n) is 4.17. The zero-order valence-electron chi connectivity index (χ0n) is 16.9. The fraction of sp³-hybridized carbons (Fsp3) is 0.300. The Hall–Kier alpha value is -3.07. The molecule has 0 bridgehead atoms. The van der Waals surface area contributed by atoms with Gasteiger partial charge in [-0.25, -0.2) is 13.2 Å². The number of rotatable bonds is 6. The van der Waals surface area contributed by atoms with Gasteiger partial charge in [0.15, 0.2) is 15.8 Å². The highest BCUT2D eigenvalue weighted by Gasteiger charge is 2.11. The van der Waals surface area contributed by atoms with Crippen LogP contribution in [0.3, 0.4) is 0 Å². The van der Waals surface area contributed by atoms with Crippen LogP contribution in [0.5, 0.6) is 0 Å². The largest absolute Gasteiger partial charge is 0.453 e. The second-order valence-electron chi connectivity index (χ2n) is 6.46. The fourth-order valence-corrected chi connectivity index (χ4v) is 3.66. The summed E-state index contributed by atoms with van der Waals surface area (Å²) in [5, 5.41) is 9.01. The second kappa shape index (κ2) is 9.92. The summed E-state index contributed by atoms with van der Waals surface area (Å²) >= 11 is 0. The Morgan fingerprint density at radius 2 is 1.62 bits per heavy atom. The van der Waals surface area contributed by atoms with E-state index in [1.165, 1.54) is 13.4 Å². The van der Waals surface area contributed by atoms with Crippen LogP contribution in [-0.4, -0.2) is 40.9 Å². The number of ether oxygens (including phenoxy) is 1. The summed E-state index contributed by atoms with van der Waals surface area (Å²) in [6.45, 7) is 2.84. The van der Waals surface area contributed by atoms with Crippen LogP contribution < -0.4 is 16.0 Å². The number of nitrogens with zero attached hydrogens (tertiary/aromatic N) is 1. The van der Waals surface area contributed by atoms with Gasteiger partial charge in [-0.1, -0.05) is 24.3 Å². The number of anilines is 1. The van der Waals surface area contributed by atoms with E-state index in [1.54, 1.807) is 38.2 Å². The summed E-state index contributed by atoms with van der Waals surface area (Å²) in [5.41, 5.74) is 3.33. The Labute approximate surface area is 171 Å². The predicted octanol–water partition coefficient (Wildman–Crippen LogP) is 2.44. The van der Waals surface area contributed by atoms with Gasteiger partial charge in [0.2, 0.25) is 0 Å². The van der Waals surface area contributed by atoms with E-state index in [4.69, 9.17) is 0 Å². The van der Waals surface area contributed by atoms with Crippen molar-refractivity contribution in [1.82, 2.24) is 10.6 Å². The Morgan fingerprint density at radius 3 is 2.14 bits per heavy atom. The summed E-state index contributed by atoms with van der Waals surface area (Å²) in [7, 11) is -0.233. The monoisotopic (exact) mass is 418 g/mol. The summed E-state index contributed by atoms with van der Waals surface area (Å²) < 4.78 is 28.0. The number of amides is 1. The molecule has 156 valence electrons. The first-order chi connectivity index (χ1) is 13.7. The van der Waals surface area contributed by atoms with Crippen molar-refractivity contribution in [3.8, 4) is 0 Å². The molecule has 0 radical (unpaired) electrons. The average Bonchev–Trinajstić information content (AvgIpc) is 2.68. The molecule has 0 atom stereocenters. The number of aryl methyl sites for hydroxylation is 1. The fourth-order valence-electron chi connectivity index (χ4n) is 2.70. The molecule has 2 aromatic rings. The molecule has 0 aliphatic heterocycles. The molecule has 3 N–H and O–H groups in total. The van der Waals surface area contributed by atoms with Crippen molar-refractivity contribution in [3.05, 3.63) is 59.2 Å². The van der Waals surface area contributed by atoms with Gasteiger partial charge in [-0.3, -0.25) is 10.3 Å². The molecule has 9 heteroatoms. The number of hydrogen-bond acceptors (Lipinski definition) is 5. The molecule has 0 fully saturated rings. The van der Waals surface area contributed by atoms with E-state index in [1.807, 2.05) is 18.2 Å². The Morgan fingerprint density at radius 1 is 1.03 bits per heavy atom. The third-order valence-corrected chi connectivity index (χ3v) is 5.43. The smallest absolute Gasteiger partial charge is 0.411 e. The predicted molar refractivity (Wildman–Crippen MR) is 114 cm³/mol. The van der Waals surface area contributed by atoms with Gasteiger partial charge in [0.25, 0.3) is 0 Å². The van der Waals surface area contributed by atoms with Gasteiger partial charge >= 0.3 is 6.09 Å². The van der Waals surface area contributed by atoms with Crippen molar-refractivity contribution in [2.45, 2.75) is 24.9 Å². The standard InChI is InChI=1S/C20H26N4O4S/c1-14-11-16(7-10-18(14)29(4,26)27)13-23-19(21-2)22-12-15-5-8-17(9-6-15)24-20(25)28-3/h5-11H,12-13H2,1-4H3,(H,24,25)(H2,21,22,23). The molecule has 2 aromatic carbocycles. The Balaban J connectivity index is 1.90. The molecule has 1 amide bonds. The lowest BCUT2D eigenvalue weighted by Gasteiger charge is -2.13. The molecule has 0 saturated heterocycles. The molecule has 0 unspecified atom stereocenters. The van der Waals surface area contributed by atoms with E-state index in [0.717, 1.165) is 16.7 Å². The van der Waals surface area contributed by atoms with E-state index in [0.29, 0.717) is 29.6 Å². The first-order valence-electron chi connectivity index (χ1n) is 8.91. The van der Waals surface area contributed by atoms with Crippen LogP contribution in [0.4, 0.5) is 10.5 Å². The molecule has 0 saturated carbocycles. The molecule has 0 aliphatic rings. The molecule has 0 heterocycles. The van der Waals surface area contributed by atoms with Gasteiger partial charge in [0.1, 0.15) is 0 Å². The van der Waals surface area contributed by atoms with Crippen molar-refractivity contribution in [1.29, 1.82) is 0 Å². The summed E-state index contributed by atoms with van der Waals surface area (Å²) in [6.07, 6.45) is 0.692. The van der Waals surface area contributed by atoms with E-state index >= 15 is 0 Å². The maximum atomic E-state index is 11.7. The van der Waals surface area contributed by atoms with Gasteiger partial charge in [0.05, 0.1) is 12.0 Å². The van der Waals surface area contributed by atoms with Crippen LogP contribution in [0, 0.1) is 6.92 Å². The van der Waals surface area contributed by atoms with Crippen LogP contribution in [0.15, 0.2) is 52.4 Å².